The maximum Gasteiger partial charge on any atom is 0.152 e. The van der Waals surface area contributed by atoms with Crippen LogP contribution in [0.2, 0.25) is 0 Å². The summed E-state index contributed by atoms with van der Waals surface area (Å²) in [6, 6.07) is 26.5. The Hall–Kier alpha value is -5.96. The molecule has 57 heavy (non-hydrogen) atoms. The van der Waals surface area contributed by atoms with Crippen LogP contribution in [0.5, 0.6) is 17.2 Å². The Morgan fingerprint density at radius 2 is 1.11 bits per heavy atom. The minimum atomic E-state index is -0.225. The molecule has 0 aliphatic heterocycles. The van der Waals surface area contributed by atoms with Gasteiger partial charge in [-0.2, -0.15) is 20.5 Å². The zero-order chi connectivity index (χ0) is 40.5. The smallest absolute Gasteiger partial charge is 0.152 e. The Kier molecular flexibility index (Phi) is 13.4. The van der Waals surface area contributed by atoms with E-state index in [1.807, 2.05) is 69.3 Å². The molecule has 0 fully saturated rings. The van der Waals surface area contributed by atoms with Crippen LogP contribution in [-0.4, -0.2) is 27.8 Å². The van der Waals surface area contributed by atoms with Crippen molar-refractivity contribution in [3.63, 3.8) is 0 Å². The van der Waals surface area contributed by atoms with Crippen LogP contribution >= 0.6 is 24.1 Å². The molecular formula is C39H35N7O9S2. The van der Waals surface area contributed by atoms with Crippen molar-refractivity contribution >= 4 is 80.4 Å². The molecule has 16 nitrogen and oxygen atoms in total. The van der Waals surface area contributed by atoms with Gasteiger partial charge in [-0.1, -0.05) is 10.1 Å². The lowest BCUT2D eigenvalue weighted by Gasteiger charge is -2.12. The number of benzene rings is 6. The van der Waals surface area contributed by atoms with Gasteiger partial charge in [0.2, 0.25) is 0 Å². The molecule has 5 N–H and O–H groups in total. The molecule has 0 saturated carbocycles. The van der Waals surface area contributed by atoms with Gasteiger partial charge < -0.3 is 20.3 Å². The number of ether oxygens (including phenoxy) is 1. The third-order valence-electron chi connectivity index (χ3n) is 8.51. The van der Waals surface area contributed by atoms with Crippen LogP contribution < -0.4 is 10.1 Å². The minimum absolute atomic E-state index is 0.0158. The molecule has 0 amide bonds. The number of azo groups is 3. The third-order valence-corrected chi connectivity index (χ3v) is 9.70. The maximum absolute atomic E-state index is 11.3. The molecule has 0 bridgehead atoms. The first kappa shape index (κ1) is 40.7. The molecular weight excluding hydrogens is 775 g/mol. The molecule has 0 radical (unpaired) electrons. The van der Waals surface area contributed by atoms with Crippen LogP contribution in [0.3, 0.4) is 0 Å². The van der Waals surface area contributed by atoms with Gasteiger partial charge in [0.1, 0.15) is 22.9 Å². The van der Waals surface area contributed by atoms with E-state index in [-0.39, 0.29) is 27.8 Å². The largest absolute Gasteiger partial charge is 0.506 e. The molecule has 0 aliphatic rings. The Labute approximate surface area is 334 Å². The molecule has 0 aliphatic carbocycles. The first-order valence-electron chi connectivity index (χ1n) is 16.9. The van der Waals surface area contributed by atoms with Crippen molar-refractivity contribution in [1.82, 2.24) is 0 Å². The predicted molar refractivity (Wildman–Crippen MR) is 216 cm³/mol. The SMILES string of the molecule is COc1ccc(Nc2ccc3c(O)c(N=Nc4cc(C)c(N=Nc5cc(C)c(N=Nc6ccc(SOOO)cc6C)cc5C)cc4O)c(SOOO)cc3c2)cc1. The van der Waals surface area contributed by atoms with Crippen LogP contribution in [0, 0.1) is 27.7 Å². The van der Waals surface area contributed by atoms with Gasteiger partial charge in [-0.05, 0) is 140 Å². The number of hydrogen-bond acceptors (Lipinski definition) is 18. The first-order valence-corrected chi connectivity index (χ1v) is 18.4. The van der Waals surface area contributed by atoms with Crippen molar-refractivity contribution in [2.24, 2.45) is 30.7 Å². The quantitative estimate of drug-likeness (QED) is 0.0283. The van der Waals surface area contributed by atoms with Crippen LogP contribution in [0.1, 0.15) is 22.3 Å². The lowest BCUT2D eigenvalue weighted by Crippen LogP contribution is -1.91. The number of hydrogen-bond donors (Lipinski definition) is 5. The zero-order valence-corrected chi connectivity index (χ0v) is 32.6. The van der Waals surface area contributed by atoms with Crippen molar-refractivity contribution in [3.05, 3.63) is 113 Å². The molecule has 292 valence electrons. The Bertz CT molecular complexity index is 2500. The van der Waals surface area contributed by atoms with Gasteiger partial charge in [0.05, 0.1) is 58.8 Å². The highest BCUT2D eigenvalue weighted by atomic mass is 32.2. The van der Waals surface area contributed by atoms with Gasteiger partial charge in [-0.15, -0.1) is 18.9 Å². The van der Waals surface area contributed by atoms with Gasteiger partial charge in [0.25, 0.3) is 0 Å². The summed E-state index contributed by atoms with van der Waals surface area (Å²) in [5.41, 5.74) is 7.15. The second kappa shape index (κ2) is 18.8. The molecule has 0 unspecified atom stereocenters. The Balaban J connectivity index is 1.20. The number of rotatable bonds is 15. The topological polar surface area (TPSA) is 213 Å². The fraction of sp³-hybridized carbons (Fsp3) is 0.128. The van der Waals surface area contributed by atoms with Gasteiger partial charge >= 0.3 is 0 Å². The molecule has 0 atom stereocenters. The summed E-state index contributed by atoms with van der Waals surface area (Å²) < 4.78 is 14.4. The standard InChI is InChI=1S/C39H35N7O9S2/c1-21-14-29(56-54-52-49)11-13-31(21)41-42-32-15-23(3)33(16-22(32)2)43-44-34-20-36(47)35(17-24(34)4)45-46-38-37(57-55-53-50)19-25-18-27(8-12-30(25)39(38)48)40-26-6-9-28(51-5)10-7-26/h6-20,40,47-50H,1-5H3. The van der Waals surface area contributed by atoms with Crippen LogP contribution in [0.15, 0.2) is 131 Å². The van der Waals surface area contributed by atoms with E-state index in [4.69, 9.17) is 19.6 Å². The number of phenolic OH excluding ortho intramolecular Hbond substituents is 2. The average Bonchev–Trinajstić information content (AvgIpc) is 3.20. The van der Waals surface area contributed by atoms with E-state index in [0.717, 1.165) is 50.8 Å². The van der Waals surface area contributed by atoms with E-state index in [1.165, 1.54) is 6.07 Å². The van der Waals surface area contributed by atoms with Crippen molar-refractivity contribution in [1.29, 1.82) is 0 Å². The van der Waals surface area contributed by atoms with E-state index in [2.05, 4.69) is 50.4 Å². The maximum atomic E-state index is 11.3. The second-order valence-corrected chi connectivity index (χ2v) is 13.9. The lowest BCUT2D eigenvalue weighted by atomic mass is 10.1. The van der Waals surface area contributed by atoms with Crippen molar-refractivity contribution in [2.75, 3.05) is 12.4 Å². The van der Waals surface area contributed by atoms with Gasteiger partial charge in [0, 0.05) is 27.7 Å². The molecule has 0 spiro atoms. The van der Waals surface area contributed by atoms with E-state index in [0.29, 0.717) is 51.1 Å². The summed E-state index contributed by atoms with van der Waals surface area (Å²) in [6.45, 7) is 7.44. The minimum Gasteiger partial charge on any atom is -0.506 e. The molecule has 0 heterocycles. The Morgan fingerprint density at radius 3 is 1.74 bits per heavy atom. The van der Waals surface area contributed by atoms with Gasteiger partial charge in [-0.25, -0.2) is 10.5 Å². The summed E-state index contributed by atoms with van der Waals surface area (Å²) in [5.74, 6) is 0.296. The van der Waals surface area contributed by atoms with E-state index < -0.39 is 0 Å². The van der Waals surface area contributed by atoms with E-state index in [1.54, 1.807) is 50.4 Å². The van der Waals surface area contributed by atoms with Crippen LogP contribution in [0.25, 0.3) is 10.8 Å². The summed E-state index contributed by atoms with van der Waals surface area (Å²) in [5, 5.41) is 77.5. The molecule has 0 aromatic heterocycles. The molecule has 6 aromatic rings. The number of nitrogens with one attached hydrogen (secondary N) is 1. The number of anilines is 2. The van der Waals surface area contributed by atoms with Crippen molar-refractivity contribution in [3.8, 4) is 17.2 Å². The summed E-state index contributed by atoms with van der Waals surface area (Å²) in [4.78, 5) is 0.985. The fourth-order valence-electron chi connectivity index (χ4n) is 5.51. The fourth-order valence-corrected chi connectivity index (χ4v) is 6.46. The molecule has 6 aromatic carbocycles. The number of methoxy groups -OCH3 is 1. The normalized spacial score (nSPS) is 11.8. The molecule has 6 rings (SSSR count). The predicted octanol–water partition coefficient (Wildman–Crippen LogP) is 13.3. The van der Waals surface area contributed by atoms with Gasteiger partial charge in [-0.3, -0.25) is 0 Å². The van der Waals surface area contributed by atoms with Crippen molar-refractivity contribution < 1.29 is 44.2 Å². The first-order chi connectivity index (χ1) is 27.6. The van der Waals surface area contributed by atoms with E-state index >= 15 is 0 Å². The summed E-state index contributed by atoms with van der Waals surface area (Å²) in [7, 11) is 1.60. The third kappa shape index (κ3) is 10.1. The average molecular weight is 810 g/mol. The van der Waals surface area contributed by atoms with Gasteiger partial charge in [0.15, 0.2) is 5.75 Å². The van der Waals surface area contributed by atoms with Crippen LogP contribution in [0.4, 0.5) is 45.5 Å². The number of fused-ring (bicyclic) bond motifs is 1. The van der Waals surface area contributed by atoms with Crippen molar-refractivity contribution in [2.45, 2.75) is 37.5 Å². The molecule has 0 saturated heterocycles. The number of phenols is 2. The highest BCUT2D eigenvalue weighted by Gasteiger charge is 2.17. The number of aromatic hydroxyl groups is 2. The summed E-state index contributed by atoms with van der Waals surface area (Å²) in [6.07, 6.45) is 0. The molecule has 18 heteroatoms. The van der Waals surface area contributed by atoms with Crippen LogP contribution in [-0.2, 0) is 18.7 Å². The number of aryl methyl sites for hydroxylation is 4. The highest BCUT2D eigenvalue weighted by molar-refractivity contribution is 7.94. The lowest BCUT2D eigenvalue weighted by molar-refractivity contribution is -0.432. The summed E-state index contributed by atoms with van der Waals surface area (Å²) >= 11 is 1.47. The number of nitrogens with zero attached hydrogens (tertiary/aromatic N) is 6. The monoisotopic (exact) mass is 809 g/mol. The highest BCUT2D eigenvalue weighted by Crippen LogP contribution is 2.46. The van der Waals surface area contributed by atoms with E-state index in [9.17, 15) is 10.2 Å². The zero-order valence-electron chi connectivity index (χ0n) is 31.0. The Morgan fingerprint density at radius 1 is 0.544 bits per heavy atom. The second-order valence-electron chi connectivity index (χ2n) is 12.4.